The third-order valence-corrected chi connectivity index (χ3v) is 6.83. The number of unbranched alkanes of at least 4 members (excludes halogenated alkanes) is 3. The highest BCUT2D eigenvalue weighted by Crippen LogP contribution is 2.29. The summed E-state index contributed by atoms with van der Waals surface area (Å²) in [4.78, 5) is 15.3. The standard InChI is InChI=1S/C21H30N4OS/c1-2-3-4-5-10-22-16-6-7-17-19(13-16)27-24-20(17)21(26)23-18-14-25-11-8-15(18)9-12-25/h6-7,13,15,18,22H,2-5,8-12,14H2,1H3,(H,23,26)/t18-/m1/s1. The molecule has 3 fully saturated rings. The number of fused-ring (bicyclic) bond motifs is 4. The van der Waals surface area contributed by atoms with E-state index in [4.69, 9.17) is 0 Å². The number of piperidine rings is 3. The van der Waals surface area contributed by atoms with Gasteiger partial charge >= 0.3 is 0 Å². The molecular weight excluding hydrogens is 356 g/mol. The SMILES string of the molecule is CCCCCCNc1ccc2c(C(=O)N[C@@H]3CN4CCC3CC4)nsc2c1. The number of nitrogens with zero attached hydrogens (tertiary/aromatic N) is 2. The Morgan fingerprint density at radius 3 is 2.85 bits per heavy atom. The van der Waals surface area contributed by atoms with Crippen LogP contribution < -0.4 is 10.6 Å². The second-order valence-electron chi connectivity index (χ2n) is 7.95. The Morgan fingerprint density at radius 2 is 2.11 bits per heavy atom. The number of carbonyl (C=O) groups excluding carboxylic acids is 1. The molecule has 2 bridgehead atoms. The van der Waals surface area contributed by atoms with E-state index < -0.39 is 0 Å². The summed E-state index contributed by atoms with van der Waals surface area (Å²) in [6.07, 6.45) is 7.44. The highest BCUT2D eigenvalue weighted by Gasteiger charge is 2.35. The molecule has 0 unspecified atom stereocenters. The lowest BCUT2D eigenvalue weighted by Gasteiger charge is -2.44. The van der Waals surface area contributed by atoms with Crippen LogP contribution in [0.4, 0.5) is 5.69 Å². The van der Waals surface area contributed by atoms with Gasteiger partial charge in [-0.05, 0) is 68.0 Å². The lowest BCUT2D eigenvalue weighted by Crippen LogP contribution is -2.57. The molecule has 0 radical (unpaired) electrons. The Balaban J connectivity index is 1.38. The minimum Gasteiger partial charge on any atom is -0.385 e. The topological polar surface area (TPSA) is 57.3 Å². The summed E-state index contributed by atoms with van der Waals surface area (Å²) >= 11 is 1.42. The molecular formula is C21H30N4OS. The molecule has 2 N–H and O–H groups in total. The van der Waals surface area contributed by atoms with Crippen LogP contribution in [0.15, 0.2) is 18.2 Å². The van der Waals surface area contributed by atoms with Crippen molar-refractivity contribution >= 4 is 33.2 Å². The number of amides is 1. The van der Waals surface area contributed by atoms with Gasteiger partial charge in [0, 0.05) is 30.2 Å². The first kappa shape index (κ1) is 18.7. The van der Waals surface area contributed by atoms with Crippen molar-refractivity contribution < 1.29 is 4.79 Å². The predicted octanol–water partition coefficient (Wildman–Crippen LogP) is 4.11. The Labute approximate surface area is 165 Å². The van der Waals surface area contributed by atoms with Gasteiger partial charge in [-0.1, -0.05) is 26.2 Å². The third-order valence-electron chi connectivity index (χ3n) is 6.02. The maximum absolute atomic E-state index is 12.8. The zero-order valence-electron chi connectivity index (χ0n) is 16.2. The van der Waals surface area contributed by atoms with Crippen molar-refractivity contribution in [2.75, 3.05) is 31.5 Å². The summed E-state index contributed by atoms with van der Waals surface area (Å²) in [5.41, 5.74) is 1.70. The van der Waals surface area contributed by atoms with Crippen LogP contribution in [0.25, 0.3) is 10.1 Å². The molecule has 1 atom stereocenters. The van der Waals surface area contributed by atoms with Gasteiger partial charge in [0.05, 0.1) is 4.70 Å². The Hall–Kier alpha value is -1.66. The summed E-state index contributed by atoms with van der Waals surface area (Å²) in [6.45, 7) is 6.59. The van der Waals surface area contributed by atoms with E-state index in [9.17, 15) is 4.79 Å². The van der Waals surface area contributed by atoms with E-state index in [1.165, 1.54) is 63.1 Å². The molecule has 1 aromatic carbocycles. The van der Waals surface area contributed by atoms with Gasteiger partial charge in [0.2, 0.25) is 0 Å². The molecule has 6 heteroatoms. The van der Waals surface area contributed by atoms with Gasteiger partial charge in [-0.3, -0.25) is 4.79 Å². The fraction of sp³-hybridized carbons (Fsp3) is 0.619. The van der Waals surface area contributed by atoms with E-state index >= 15 is 0 Å². The van der Waals surface area contributed by atoms with Gasteiger partial charge in [0.25, 0.3) is 5.91 Å². The van der Waals surface area contributed by atoms with Gasteiger partial charge in [0.15, 0.2) is 0 Å². The zero-order chi connectivity index (χ0) is 18.6. The zero-order valence-corrected chi connectivity index (χ0v) is 17.0. The number of hydrogen-bond donors (Lipinski definition) is 2. The predicted molar refractivity (Wildman–Crippen MR) is 113 cm³/mol. The molecule has 0 spiro atoms. The largest absolute Gasteiger partial charge is 0.385 e. The van der Waals surface area contributed by atoms with Crippen LogP contribution >= 0.6 is 11.5 Å². The third kappa shape index (κ3) is 4.27. The van der Waals surface area contributed by atoms with Gasteiger partial charge < -0.3 is 15.5 Å². The first-order valence-electron chi connectivity index (χ1n) is 10.4. The van der Waals surface area contributed by atoms with Crippen molar-refractivity contribution in [3.8, 4) is 0 Å². The van der Waals surface area contributed by atoms with E-state index in [2.05, 4.69) is 39.0 Å². The van der Waals surface area contributed by atoms with E-state index in [-0.39, 0.29) is 11.9 Å². The summed E-state index contributed by atoms with van der Waals surface area (Å²) < 4.78 is 5.55. The Bertz CT molecular complexity index is 782. The van der Waals surface area contributed by atoms with Crippen LogP contribution in [-0.2, 0) is 0 Å². The monoisotopic (exact) mass is 386 g/mol. The van der Waals surface area contributed by atoms with Crippen molar-refractivity contribution in [3.05, 3.63) is 23.9 Å². The number of anilines is 1. The molecule has 3 saturated heterocycles. The Morgan fingerprint density at radius 1 is 1.26 bits per heavy atom. The first-order chi connectivity index (χ1) is 13.2. The quantitative estimate of drug-likeness (QED) is 0.670. The summed E-state index contributed by atoms with van der Waals surface area (Å²) in [7, 11) is 0. The molecule has 27 heavy (non-hydrogen) atoms. The average Bonchev–Trinajstić information content (AvgIpc) is 3.12. The normalized spacial score (nSPS) is 24.3. The van der Waals surface area contributed by atoms with E-state index in [1.54, 1.807) is 0 Å². The van der Waals surface area contributed by atoms with Crippen LogP contribution in [0, 0.1) is 5.92 Å². The molecule has 146 valence electrons. The highest BCUT2D eigenvalue weighted by atomic mass is 32.1. The number of nitrogens with one attached hydrogen (secondary N) is 2. The van der Waals surface area contributed by atoms with Gasteiger partial charge in [-0.15, -0.1) is 0 Å². The molecule has 1 amide bonds. The number of rotatable bonds is 8. The Kier molecular flexibility index (Phi) is 5.93. The number of aromatic nitrogens is 1. The number of hydrogen-bond acceptors (Lipinski definition) is 5. The molecule has 4 heterocycles. The van der Waals surface area contributed by atoms with Crippen LogP contribution in [-0.4, -0.2) is 47.4 Å². The highest BCUT2D eigenvalue weighted by molar-refractivity contribution is 7.13. The van der Waals surface area contributed by atoms with Gasteiger partial charge in [-0.2, -0.15) is 4.37 Å². The molecule has 5 nitrogen and oxygen atoms in total. The maximum atomic E-state index is 12.8. The lowest BCUT2D eigenvalue weighted by atomic mass is 9.84. The van der Waals surface area contributed by atoms with Crippen molar-refractivity contribution in [2.24, 2.45) is 5.92 Å². The fourth-order valence-corrected chi connectivity index (χ4v) is 5.17. The van der Waals surface area contributed by atoms with Crippen LogP contribution in [0.2, 0.25) is 0 Å². The summed E-state index contributed by atoms with van der Waals surface area (Å²) in [6, 6.07) is 6.51. The molecule has 3 aliphatic rings. The molecule has 5 rings (SSSR count). The van der Waals surface area contributed by atoms with Gasteiger partial charge in [-0.25, -0.2) is 0 Å². The molecule has 0 saturated carbocycles. The van der Waals surface area contributed by atoms with Crippen LogP contribution in [0.1, 0.15) is 55.9 Å². The smallest absolute Gasteiger partial charge is 0.271 e. The second kappa shape index (κ2) is 8.57. The van der Waals surface area contributed by atoms with E-state index in [1.807, 2.05) is 6.07 Å². The summed E-state index contributed by atoms with van der Waals surface area (Å²) in [5, 5.41) is 7.72. The van der Waals surface area contributed by atoms with Crippen LogP contribution in [0.5, 0.6) is 0 Å². The molecule has 3 aliphatic heterocycles. The van der Waals surface area contributed by atoms with Gasteiger partial charge in [0.1, 0.15) is 5.69 Å². The van der Waals surface area contributed by atoms with Crippen LogP contribution in [0.3, 0.4) is 0 Å². The maximum Gasteiger partial charge on any atom is 0.271 e. The van der Waals surface area contributed by atoms with Crippen molar-refractivity contribution in [2.45, 2.75) is 51.5 Å². The summed E-state index contributed by atoms with van der Waals surface area (Å²) in [5.74, 6) is 0.618. The number of carbonyl (C=O) groups is 1. The molecule has 2 aromatic rings. The minimum atomic E-state index is -0.0136. The van der Waals surface area contributed by atoms with E-state index in [0.29, 0.717) is 11.6 Å². The lowest BCUT2D eigenvalue weighted by molar-refractivity contribution is 0.0619. The average molecular weight is 387 g/mol. The molecule has 1 aromatic heterocycles. The van der Waals surface area contributed by atoms with Crippen molar-refractivity contribution in [1.82, 2.24) is 14.6 Å². The van der Waals surface area contributed by atoms with E-state index in [0.717, 1.165) is 28.9 Å². The first-order valence-corrected chi connectivity index (χ1v) is 11.2. The minimum absolute atomic E-state index is 0.0136. The fourth-order valence-electron chi connectivity index (χ4n) is 4.36. The number of benzene rings is 1. The molecule has 0 aliphatic carbocycles. The van der Waals surface area contributed by atoms with Crippen molar-refractivity contribution in [3.63, 3.8) is 0 Å². The van der Waals surface area contributed by atoms with Crippen molar-refractivity contribution in [1.29, 1.82) is 0 Å². The second-order valence-corrected chi connectivity index (χ2v) is 8.75.